The van der Waals surface area contributed by atoms with Crippen LogP contribution in [0.15, 0.2) is 24.3 Å². The summed E-state index contributed by atoms with van der Waals surface area (Å²) in [5.74, 6) is -0.138. The van der Waals surface area contributed by atoms with Crippen molar-refractivity contribution < 1.29 is 9.90 Å². The maximum Gasteiger partial charge on any atom is 0.238 e. The van der Waals surface area contributed by atoms with E-state index in [2.05, 4.69) is 5.32 Å². The molecule has 0 aliphatic carbocycles. The van der Waals surface area contributed by atoms with Gasteiger partial charge >= 0.3 is 0 Å². The van der Waals surface area contributed by atoms with Crippen LogP contribution in [0.4, 0.5) is 5.69 Å². The highest BCUT2D eigenvalue weighted by molar-refractivity contribution is 5.92. The van der Waals surface area contributed by atoms with E-state index in [9.17, 15) is 9.90 Å². The summed E-state index contributed by atoms with van der Waals surface area (Å²) in [6.45, 7) is 6.72. The van der Waals surface area contributed by atoms with Crippen molar-refractivity contribution >= 4 is 11.6 Å². The molecule has 1 aromatic rings. The highest BCUT2D eigenvalue weighted by Crippen LogP contribution is 2.09. The second kappa shape index (κ2) is 7.04. The van der Waals surface area contributed by atoms with Crippen LogP contribution >= 0.6 is 0 Å². The van der Waals surface area contributed by atoms with Gasteiger partial charge in [-0.3, -0.25) is 9.69 Å². The Labute approximate surface area is 119 Å². The molecule has 0 radical (unpaired) electrons. The van der Waals surface area contributed by atoms with E-state index in [1.165, 1.54) is 0 Å². The Hall–Kier alpha value is -1.90. The van der Waals surface area contributed by atoms with Crippen molar-refractivity contribution in [2.45, 2.75) is 26.4 Å². The van der Waals surface area contributed by atoms with Crippen molar-refractivity contribution in [2.75, 3.05) is 25.0 Å². The zero-order chi connectivity index (χ0) is 15.2. The molecule has 2 N–H and O–H groups in total. The minimum Gasteiger partial charge on any atom is -0.389 e. The third-order valence-corrected chi connectivity index (χ3v) is 2.72. The monoisotopic (exact) mass is 275 g/mol. The number of amides is 1. The molecular weight excluding hydrogens is 254 g/mol. The molecule has 0 saturated heterocycles. The van der Waals surface area contributed by atoms with Crippen LogP contribution in [-0.4, -0.2) is 41.1 Å². The van der Waals surface area contributed by atoms with E-state index in [0.717, 1.165) is 0 Å². The largest absolute Gasteiger partial charge is 0.389 e. The van der Waals surface area contributed by atoms with E-state index in [1.807, 2.05) is 17.9 Å². The minimum atomic E-state index is -0.829. The van der Waals surface area contributed by atoms with Crippen LogP contribution in [0.25, 0.3) is 0 Å². The van der Waals surface area contributed by atoms with Crippen molar-refractivity contribution in [3.63, 3.8) is 0 Å². The van der Waals surface area contributed by atoms with Gasteiger partial charge in [-0.2, -0.15) is 5.26 Å². The number of likely N-dealkylation sites (N-methyl/N-ethyl adjacent to an activating group) is 1. The molecule has 0 unspecified atom stereocenters. The summed E-state index contributed by atoms with van der Waals surface area (Å²) in [5.41, 5.74) is 0.388. The molecular formula is C15H21N3O2. The summed E-state index contributed by atoms with van der Waals surface area (Å²) in [6.07, 6.45) is 0. The number of nitrogens with zero attached hydrogens (tertiary/aromatic N) is 2. The standard InChI is InChI=1S/C15H21N3O2/c1-4-18(11-15(2,3)20)10-14(19)17-13-7-5-12(9-16)6-8-13/h5-8,20H,4,10-11H2,1-3H3,(H,17,19). The molecule has 0 spiro atoms. The second-order valence-electron chi connectivity index (χ2n) is 5.35. The molecule has 5 nitrogen and oxygen atoms in total. The molecule has 5 heteroatoms. The normalized spacial score (nSPS) is 11.2. The van der Waals surface area contributed by atoms with Gasteiger partial charge in [-0.15, -0.1) is 0 Å². The number of carbonyl (C=O) groups excluding carboxylic acids is 1. The summed E-state index contributed by atoms with van der Waals surface area (Å²) in [5, 5.41) is 21.2. The SMILES string of the molecule is CCN(CC(=O)Nc1ccc(C#N)cc1)CC(C)(C)O. The van der Waals surface area contributed by atoms with Crippen molar-refractivity contribution in [1.82, 2.24) is 4.90 Å². The van der Waals surface area contributed by atoms with Gasteiger partial charge in [-0.25, -0.2) is 0 Å². The van der Waals surface area contributed by atoms with Gasteiger partial charge < -0.3 is 10.4 Å². The predicted octanol–water partition coefficient (Wildman–Crippen LogP) is 1.59. The Bertz CT molecular complexity index is 483. The van der Waals surface area contributed by atoms with Crippen LogP contribution in [0.3, 0.4) is 0 Å². The van der Waals surface area contributed by atoms with Crippen molar-refractivity contribution in [2.24, 2.45) is 0 Å². The molecule has 0 heterocycles. The molecule has 1 aromatic carbocycles. The summed E-state index contributed by atoms with van der Waals surface area (Å²) in [4.78, 5) is 13.8. The Balaban J connectivity index is 2.55. The predicted molar refractivity (Wildman–Crippen MR) is 78.2 cm³/mol. The van der Waals surface area contributed by atoms with Gasteiger partial charge in [0.25, 0.3) is 0 Å². The molecule has 1 amide bonds. The number of aliphatic hydroxyl groups is 1. The first-order chi connectivity index (χ1) is 9.34. The second-order valence-corrected chi connectivity index (χ2v) is 5.35. The number of benzene rings is 1. The maximum absolute atomic E-state index is 11.9. The van der Waals surface area contributed by atoms with Gasteiger partial charge in [0.1, 0.15) is 0 Å². The quantitative estimate of drug-likeness (QED) is 0.826. The van der Waals surface area contributed by atoms with E-state index in [-0.39, 0.29) is 12.5 Å². The number of carbonyl (C=O) groups is 1. The molecule has 20 heavy (non-hydrogen) atoms. The average molecular weight is 275 g/mol. The van der Waals surface area contributed by atoms with Crippen LogP contribution in [0.5, 0.6) is 0 Å². The lowest BCUT2D eigenvalue weighted by atomic mass is 10.1. The van der Waals surface area contributed by atoms with Gasteiger partial charge in [0.05, 0.1) is 23.8 Å². The highest BCUT2D eigenvalue weighted by atomic mass is 16.3. The number of hydrogen-bond donors (Lipinski definition) is 2. The number of nitrogens with one attached hydrogen (secondary N) is 1. The Morgan fingerprint density at radius 2 is 2.00 bits per heavy atom. The molecule has 0 atom stereocenters. The molecule has 108 valence electrons. The first-order valence-corrected chi connectivity index (χ1v) is 6.59. The van der Waals surface area contributed by atoms with Crippen LogP contribution in [0.2, 0.25) is 0 Å². The fourth-order valence-electron chi connectivity index (χ4n) is 1.86. The van der Waals surface area contributed by atoms with Crippen molar-refractivity contribution in [3.8, 4) is 6.07 Å². The average Bonchev–Trinajstić information content (AvgIpc) is 2.37. The fourth-order valence-corrected chi connectivity index (χ4v) is 1.86. The molecule has 0 aliphatic rings. The van der Waals surface area contributed by atoms with E-state index >= 15 is 0 Å². The van der Waals surface area contributed by atoms with Gasteiger partial charge in [-0.05, 0) is 44.7 Å². The lowest BCUT2D eigenvalue weighted by Gasteiger charge is -2.27. The maximum atomic E-state index is 11.9. The zero-order valence-electron chi connectivity index (χ0n) is 12.2. The molecule has 0 aromatic heterocycles. The third-order valence-electron chi connectivity index (χ3n) is 2.72. The Morgan fingerprint density at radius 1 is 1.40 bits per heavy atom. The van der Waals surface area contributed by atoms with Crippen LogP contribution < -0.4 is 5.32 Å². The lowest BCUT2D eigenvalue weighted by Crippen LogP contribution is -2.42. The van der Waals surface area contributed by atoms with E-state index < -0.39 is 5.60 Å². The Kier molecular flexibility index (Phi) is 5.68. The van der Waals surface area contributed by atoms with Crippen LogP contribution in [0, 0.1) is 11.3 Å². The van der Waals surface area contributed by atoms with Crippen LogP contribution in [-0.2, 0) is 4.79 Å². The summed E-state index contributed by atoms with van der Waals surface area (Å²) in [6, 6.07) is 8.73. The topological polar surface area (TPSA) is 76.4 Å². The third kappa shape index (κ3) is 5.83. The van der Waals surface area contributed by atoms with E-state index in [0.29, 0.717) is 24.3 Å². The van der Waals surface area contributed by atoms with Gasteiger partial charge in [0.15, 0.2) is 0 Å². The number of nitriles is 1. The lowest BCUT2D eigenvalue weighted by molar-refractivity contribution is -0.117. The fraction of sp³-hybridized carbons (Fsp3) is 0.467. The number of anilines is 1. The summed E-state index contributed by atoms with van der Waals surface area (Å²) >= 11 is 0. The zero-order valence-corrected chi connectivity index (χ0v) is 12.2. The molecule has 0 fully saturated rings. The smallest absolute Gasteiger partial charge is 0.238 e. The molecule has 1 rings (SSSR count). The minimum absolute atomic E-state index is 0.138. The van der Waals surface area contributed by atoms with Crippen molar-refractivity contribution in [3.05, 3.63) is 29.8 Å². The number of hydrogen-bond acceptors (Lipinski definition) is 4. The van der Waals surface area contributed by atoms with Gasteiger partial charge in [0, 0.05) is 12.2 Å². The van der Waals surface area contributed by atoms with Gasteiger partial charge in [0.2, 0.25) is 5.91 Å². The van der Waals surface area contributed by atoms with E-state index in [1.54, 1.807) is 38.1 Å². The van der Waals surface area contributed by atoms with Crippen molar-refractivity contribution in [1.29, 1.82) is 5.26 Å². The Morgan fingerprint density at radius 3 is 2.45 bits per heavy atom. The van der Waals surface area contributed by atoms with E-state index in [4.69, 9.17) is 5.26 Å². The first kappa shape index (κ1) is 16.2. The van der Waals surface area contributed by atoms with Crippen LogP contribution in [0.1, 0.15) is 26.3 Å². The molecule has 0 bridgehead atoms. The first-order valence-electron chi connectivity index (χ1n) is 6.59. The summed E-state index contributed by atoms with van der Waals surface area (Å²) in [7, 11) is 0. The van der Waals surface area contributed by atoms with Gasteiger partial charge in [-0.1, -0.05) is 6.92 Å². The summed E-state index contributed by atoms with van der Waals surface area (Å²) < 4.78 is 0. The molecule has 0 aliphatic heterocycles. The number of rotatable bonds is 6. The highest BCUT2D eigenvalue weighted by Gasteiger charge is 2.19. The molecule has 0 saturated carbocycles.